The molecule has 1 aliphatic rings. The lowest BCUT2D eigenvalue weighted by Gasteiger charge is -2.12. The summed E-state index contributed by atoms with van der Waals surface area (Å²) in [5.41, 5.74) is 1.13. The topological polar surface area (TPSA) is 70.6 Å². The molecule has 2 aromatic carbocycles. The van der Waals surface area contributed by atoms with Crippen LogP contribution in [0.3, 0.4) is 0 Å². The number of aliphatic hydroxyl groups is 1. The first kappa shape index (κ1) is 19.2. The summed E-state index contributed by atoms with van der Waals surface area (Å²) in [6, 6.07) is 13.0. The molecule has 5 nitrogen and oxygen atoms in total. The zero-order valence-corrected chi connectivity index (χ0v) is 14.3. The standard InChI is InChI=1S/C18H19FN2O3.ClH/c19-16-4-2-1-3-12(16)11-24-15-7-5-13(6-8-15)21-18(23)17-9-14(22)10-20-17;/h1-8,14,17,20,22H,9-11H2,(H,21,23);1H. The van der Waals surface area contributed by atoms with Gasteiger partial charge in [0.1, 0.15) is 18.2 Å². The van der Waals surface area contributed by atoms with Gasteiger partial charge in [-0.1, -0.05) is 18.2 Å². The van der Waals surface area contributed by atoms with Crippen LogP contribution < -0.4 is 15.4 Å². The fourth-order valence-corrected chi connectivity index (χ4v) is 2.56. The monoisotopic (exact) mass is 366 g/mol. The number of β-amino-alcohol motifs (C(OH)–C–C–N with tert-alkyl or cyclic N) is 1. The van der Waals surface area contributed by atoms with Crippen molar-refractivity contribution in [3.05, 3.63) is 59.9 Å². The summed E-state index contributed by atoms with van der Waals surface area (Å²) in [7, 11) is 0. The van der Waals surface area contributed by atoms with Crippen LogP contribution in [-0.2, 0) is 11.4 Å². The number of halogens is 2. The fraction of sp³-hybridized carbons (Fsp3) is 0.278. The van der Waals surface area contributed by atoms with E-state index in [4.69, 9.17) is 4.74 Å². The van der Waals surface area contributed by atoms with Crippen LogP contribution in [0.1, 0.15) is 12.0 Å². The number of anilines is 1. The van der Waals surface area contributed by atoms with E-state index < -0.39 is 6.10 Å². The molecule has 1 aliphatic heterocycles. The normalized spacial score (nSPS) is 19.1. The third-order valence-corrected chi connectivity index (χ3v) is 3.90. The number of hydrogen-bond acceptors (Lipinski definition) is 4. The van der Waals surface area contributed by atoms with E-state index in [9.17, 15) is 14.3 Å². The number of rotatable bonds is 5. The molecule has 2 unspecified atom stereocenters. The van der Waals surface area contributed by atoms with Gasteiger partial charge in [-0.2, -0.15) is 0 Å². The second-order valence-electron chi connectivity index (χ2n) is 5.74. The summed E-state index contributed by atoms with van der Waals surface area (Å²) >= 11 is 0. The molecule has 1 amide bonds. The van der Waals surface area contributed by atoms with Crippen molar-refractivity contribution < 1.29 is 19.0 Å². The fourth-order valence-electron chi connectivity index (χ4n) is 2.56. The molecule has 3 N–H and O–H groups in total. The number of amides is 1. The Bertz CT molecular complexity index is 712. The minimum atomic E-state index is -0.477. The summed E-state index contributed by atoms with van der Waals surface area (Å²) in [4.78, 5) is 12.0. The summed E-state index contributed by atoms with van der Waals surface area (Å²) in [5.74, 6) is 0.116. The molecule has 0 radical (unpaired) electrons. The van der Waals surface area contributed by atoms with Crippen LogP contribution >= 0.6 is 12.4 Å². The highest BCUT2D eigenvalue weighted by atomic mass is 35.5. The molecule has 3 rings (SSSR count). The highest BCUT2D eigenvalue weighted by Crippen LogP contribution is 2.18. The molecule has 0 bridgehead atoms. The van der Waals surface area contributed by atoms with Crippen molar-refractivity contribution in [3.63, 3.8) is 0 Å². The summed E-state index contributed by atoms with van der Waals surface area (Å²) in [6.07, 6.45) is -0.0646. The number of carbonyl (C=O) groups is 1. The smallest absolute Gasteiger partial charge is 0.241 e. The first-order chi connectivity index (χ1) is 11.6. The zero-order valence-electron chi connectivity index (χ0n) is 13.4. The van der Waals surface area contributed by atoms with E-state index in [0.29, 0.717) is 30.0 Å². The summed E-state index contributed by atoms with van der Waals surface area (Å²) in [5, 5.41) is 15.2. The van der Waals surface area contributed by atoms with Gasteiger partial charge in [-0.15, -0.1) is 12.4 Å². The Morgan fingerprint density at radius 2 is 1.96 bits per heavy atom. The molecule has 1 saturated heterocycles. The van der Waals surface area contributed by atoms with E-state index >= 15 is 0 Å². The Kier molecular flexibility index (Phi) is 6.75. The minimum Gasteiger partial charge on any atom is -0.489 e. The van der Waals surface area contributed by atoms with Gasteiger partial charge < -0.3 is 20.5 Å². The second kappa shape index (κ2) is 8.80. The van der Waals surface area contributed by atoms with Crippen LogP contribution in [0.15, 0.2) is 48.5 Å². The Balaban J connectivity index is 0.00000225. The molecule has 1 heterocycles. The number of hydrogen-bond donors (Lipinski definition) is 3. The number of ether oxygens (including phenoxy) is 1. The lowest BCUT2D eigenvalue weighted by molar-refractivity contribution is -0.117. The number of aliphatic hydroxyl groups excluding tert-OH is 1. The van der Waals surface area contributed by atoms with Crippen LogP contribution in [0.5, 0.6) is 5.75 Å². The van der Waals surface area contributed by atoms with Crippen LogP contribution in [-0.4, -0.2) is 29.7 Å². The quantitative estimate of drug-likeness (QED) is 0.760. The van der Waals surface area contributed by atoms with Gasteiger partial charge in [-0.25, -0.2) is 4.39 Å². The van der Waals surface area contributed by atoms with E-state index in [-0.39, 0.29) is 36.8 Å². The molecular weight excluding hydrogens is 347 g/mol. The van der Waals surface area contributed by atoms with Crippen LogP contribution in [0.25, 0.3) is 0 Å². The predicted octanol–water partition coefficient (Wildman–Crippen LogP) is 2.49. The average Bonchev–Trinajstić information content (AvgIpc) is 3.02. The maximum Gasteiger partial charge on any atom is 0.241 e. The second-order valence-corrected chi connectivity index (χ2v) is 5.74. The zero-order chi connectivity index (χ0) is 16.9. The van der Waals surface area contributed by atoms with Gasteiger partial charge in [-0.3, -0.25) is 4.79 Å². The van der Waals surface area contributed by atoms with E-state index in [2.05, 4.69) is 10.6 Å². The first-order valence-electron chi connectivity index (χ1n) is 7.80. The molecule has 1 fully saturated rings. The average molecular weight is 367 g/mol. The minimum absolute atomic E-state index is 0. The van der Waals surface area contributed by atoms with Gasteiger partial charge in [0.2, 0.25) is 5.91 Å². The molecular formula is C18H20ClFN2O3. The molecule has 25 heavy (non-hydrogen) atoms. The van der Waals surface area contributed by atoms with E-state index in [1.165, 1.54) is 6.07 Å². The van der Waals surface area contributed by atoms with Crippen molar-refractivity contribution in [2.75, 3.05) is 11.9 Å². The molecule has 7 heteroatoms. The Morgan fingerprint density at radius 3 is 2.60 bits per heavy atom. The highest BCUT2D eigenvalue weighted by Gasteiger charge is 2.27. The maximum absolute atomic E-state index is 13.5. The molecule has 134 valence electrons. The van der Waals surface area contributed by atoms with E-state index in [0.717, 1.165) is 0 Å². The van der Waals surface area contributed by atoms with Gasteiger partial charge in [0.05, 0.1) is 12.1 Å². The third-order valence-electron chi connectivity index (χ3n) is 3.90. The predicted molar refractivity (Wildman–Crippen MR) is 95.5 cm³/mol. The Morgan fingerprint density at radius 1 is 1.24 bits per heavy atom. The van der Waals surface area contributed by atoms with Gasteiger partial charge in [0, 0.05) is 17.8 Å². The molecule has 0 aliphatic carbocycles. The van der Waals surface area contributed by atoms with E-state index in [1.807, 2.05) is 0 Å². The lowest BCUT2D eigenvalue weighted by atomic mass is 10.2. The van der Waals surface area contributed by atoms with Crippen molar-refractivity contribution in [1.29, 1.82) is 0 Å². The molecule has 2 atom stereocenters. The first-order valence-corrected chi connectivity index (χ1v) is 7.80. The molecule has 0 aromatic heterocycles. The highest BCUT2D eigenvalue weighted by molar-refractivity contribution is 5.95. The number of nitrogens with one attached hydrogen (secondary N) is 2. The molecule has 0 saturated carbocycles. The van der Waals surface area contributed by atoms with Gasteiger partial charge in [0.25, 0.3) is 0 Å². The van der Waals surface area contributed by atoms with Gasteiger partial charge >= 0.3 is 0 Å². The van der Waals surface area contributed by atoms with Crippen molar-refractivity contribution in [3.8, 4) is 5.75 Å². The number of carbonyl (C=O) groups excluding carboxylic acids is 1. The SMILES string of the molecule is Cl.O=C(Nc1ccc(OCc2ccccc2F)cc1)C1CC(O)CN1. The Labute approximate surface area is 151 Å². The Hall–Kier alpha value is -2.15. The van der Waals surface area contributed by atoms with Crippen LogP contribution in [0.2, 0.25) is 0 Å². The van der Waals surface area contributed by atoms with Crippen molar-refractivity contribution in [2.24, 2.45) is 0 Å². The summed E-state index contributed by atoms with van der Waals surface area (Å²) in [6.45, 7) is 0.573. The lowest BCUT2D eigenvalue weighted by Crippen LogP contribution is -2.35. The molecule has 2 aromatic rings. The third kappa shape index (κ3) is 5.16. The van der Waals surface area contributed by atoms with Crippen molar-refractivity contribution >= 4 is 24.0 Å². The summed E-state index contributed by atoms with van der Waals surface area (Å²) < 4.78 is 19.1. The van der Waals surface area contributed by atoms with E-state index in [1.54, 1.807) is 42.5 Å². The largest absolute Gasteiger partial charge is 0.489 e. The van der Waals surface area contributed by atoms with Crippen LogP contribution in [0, 0.1) is 5.82 Å². The van der Waals surface area contributed by atoms with Gasteiger partial charge in [0.15, 0.2) is 0 Å². The van der Waals surface area contributed by atoms with Gasteiger partial charge in [-0.05, 0) is 36.8 Å². The van der Waals surface area contributed by atoms with Crippen molar-refractivity contribution in [1.82, 2.24) is 5.32 Å². The van der Waals surface area contributed by atoms with Crippen LogP contribution in [0.4, 0.5) is 10.1 Å². The molecule has 0 spiro atoms. The number of benzene rings is 2. The van der Waals surface area contributed by atoms with Crippen molar-refractivity contribution in [2.45, 2.75) is 25.2 Å². The maximum atomic E-state index is 13.5.